The average Bonchev–Trinajstić information content (AvgIpc) is 3.40. The Hall–Kier alpha value is -2.70. The van der Waals surface area contributed by atoms with Gasteiger partial charge in [0.1, 0.15) is 19.0 Å². The molecule has 0 heterocycles. The summed E-state index contributed by atoms with van der Waals surface area (Å²) in [4.78, 5) is 11.2. The van der Waals surface area contributed by atoms with Gasteiger partial charge in [0.25, 0.3) is 0 Å². The van der Waals surface area contributed by atoms with Crippen molar-refractivity contribution < 1.29 is 32.5 Å². The molecule has 0 aliphatic heterocycles. The number of hydrogen-bond acceptors (Lipinski definition) is 3. The highest BCUT2D eigenvalue weighted by atomic mass is 19.2. The molecule has 7 heteroatoms. The molecule has 1 N–H and O–H groups in total. The van der Waals surface area contributed by atoms with Crippen LogP contribution in [0.5, 0.6) is 11.5 Å². The third-order valence-electron chi connectivity index (χ3n) is 4.37. The summed E-state index contributed by atoms with van der Waals surface area (Å²) in [5.41, 5.74) is 0.271. The van der Waals surface area contributed by atoms with Gasteiger partial charge >= 0.3 is 5.97 Å². The Bertz CT molecular complexity index is 801. The van der Waals surface area contributed by atoms with Crippen molar-refractivity contribution >= 4 is 5.97 Å². The Morgan fingerprint density at radius 3 is 2.19 bits per heavy atom. The zero-order valence-corrected chi connectivity index (χ0v) is 13.8. The van der Waals surface area contributed by atoms with E-state index in [0.29, 0.717) is 31.1 Å². The van der Waals surface area contributed by atoms with E-state index in [-0.39, 0.29) is 13.2 Å². The second-order valence-electron chi connectivity index (χ2n) is 6.28. The van der Waals surface area contributed by atoms with E-state index in [4.69, 9.17) is 9.47 Å². The smallest absolute Gasteiger partial charge is 0.309 e. The minimum atomic E-state index is -1.37. The fraction of sp³-hybridized carbons (Fsp3) is 0.316. The normalized spacial score (nSPS) is 14.7. The number of benzene rings is 2. The van der Waals surface area contributed by atoms with E-state index in [1.165, 1.54) is 0 Å². The Morgan fingerprint density at radius 2 is 1.58 bits per heavy atom. The molecule has 2 aromatic rings. The van der Waals surface area contributed by atoms with Gasteiger partial charge in [-0.3, -0.25) is 4.79 Å². The van der Waals surface area contributed by atoms with Crippen LogP contribution >= 0.6 is 0 Å². The molecule has 0 bridgehead atoms. The Labute approximate surface area is 148 Å². The van der Waals surface area contributed by atoms with Gasteiger partial charge in [-0.05, 0) is 49.1 Å². The highest BCUT2D eigenvalue weighted by Gasteiger charge is 2.49. The quantitative estimate of drug-likeness (QED) is 0.567. The number of carboxylic acids is 1. The van der Waals surface area contributed by atoms with Gasteiger partial charge in [0.2, 0.25) is 5.82 Å². The second-order valence-corrected chi connectivity index (χ2v) is 6.28. The largest absolute Gasteiger partial charge is 0.490 e. The van der Waals surface area contributed by atoms with E-state index >= 15 is 0 Å². The van der Waals surface area contributed by atoms with Crippen molar-refractivity contribution in [1.29, 1.82) is 0 Å². The molecule has 2 aromatic carbocycles. The second kappa shape index (κ2) is 7.27. The van der Waals surface area contributed by atoms with E-state index in [1.807, 2.05) is 0 Å². The van der Waals surface area contributed by atoms with Gasteiger partial charge in [0.05, 0.1) is 5.41 Å². The number of carboxylic acid groups (broad SMARTS) is 1. The number of aliphatic carboxylic acids is 1. The molecule has 138 valence electrons. The van der Waals surface area contributed by atoms with E-state index in [1.54, 1.807) is 24.3 Å². The van der Waals surface area contributed by atoms with E-state index in [0.717, 1.165) is 11.6 Å². The molecule has 1 fully saturated rings. The maximum Gasteiger partial charge on any atom is 0.309 e. The fourth-order valence-electron chi connectivity index (χ4n) is 2.66. The molecule has 3 rings (SSSR count). The molecule has 4 nitrogen and oxygen atoms in total. The molecule has 26 heavy (non-hydrogen) atoms. The Balaban J connectivity index is 1.49. The highest BCUT2D eigenvalue weighted by Crippen LogP contribution is 2.48. The van der Waals surface area contributed by atoms with E-state index < -0.39 is 34.6 Å². The van der Waals surface area contributed by atoms with Crippen LogP contribution in [-0.4, -0.2) is 24.3 Å². The summed E-state index contributed by atoms with van der Waals surface area (Å²) in [6.07, 6.45) is 1.85. The summed E-state index contributed by atoms with van der Waals surface area (Å²) >= 11 is 0. The summed E-state index contributed by atoms with van der Waals surface area (Å²) in [6.45, 7) is -0.158. The standard InChI is InChI=1S/C19H17F3O4/c20-14-5-6-15(21)17(16(14)22)26-10-9-25-13-3-1-12(2-4-13)11-19(7-8-19)18(23)24/h1-6H,7-11H2,(H,23,24). The van der Waals surface area contributed by atoms with E-state index in [2.05, 4.69) is 0 Å². The monoisotopic (exact) mass is 366 g/mol. The van der Waals surface area contributed by atoms with Gasteiger partial charge in [0, 0.05) is 0 Å². The molecule has 0 atom stereocenters. The van der Waals surface area contributed by atoms with Gasteiger partial charge in [-0.25, -0.2) is 8.78 Å². The van der Waals surface area contributed by atoms with Gasteiger partial charge < -0.3 is 14.6 Å². The summed E-state index contributed by atoms with van der Waals surface area (Å²) in [5.74, 6) is -4.58. The third kappa shape index (κ3) is 3.92. The molecule has 1 aliphatic carbocycles. The van der Waals surface area contributed by atoms with Crippen LogP contribution in [0.3, 0.4) is 0 Å². The van der Waals surface area contributed by atoms with Crippen LogP contribution in [0, 0.1) is 22.9 Å². The molecule has 0 radical (unpaired) electrons. The van der Waals surface area contributed by atoms with Crippen molar-refractivity contribution in [3.8, 4) is 11.5 Å². The lowest BCUT2D eigenvalue weighted by Gasteiger charge is -2.12. The van der Waals surface area contributed by atoms with Crippen LogP contribution in [0.25, 0.3) is 0 Å². The van der Waals surface area contributed by atoms with Gasteiger partial charge in [-0.15, -0.1) is 0 Å². The molecule has 0 amide bonds. The highest BCUT2D eigenvalue weighted by molar-refractivity contribution is 5.78. The molecule has 0 saturated heterocycles. The minimum Gasteiger partial charge on any atom is -0.490 e. The number of carbonyl (C=O) groups is 1. The summed E-state index contributed by atoms with van der Waals surface area (Å²) in [5, 5.41) is 9.20. The predicted octanol–water partition coefficient (Wildman–Crippen LogP) is 3.97. The Morgan fingerprint density at radius 1 is 0.962 bits per heavy atom. The maximum atomic E-state index is 13.4. The van der Waals surface area contributed by atoms with Crippen LogP contribution in [0.2, 0.25) is 0 Å². The van der Waals surface area contributed by atoms with Crippen molar-refractivity contribution in [2.75, 3.05) is 13.2 Å². The van der Waals surface area contributed by atoms with Crippen LogP contribution in [-0.2, 0) is 11.2 Å². The first-order valence-corrected chi connectivity index (χ1v) is 8.13. The van der Waals surface area contributed by atoms with Crippen LogP contribution < -0.4 is 9.47 Å². The zero-order chi connectivity index (χ0) is 18.7. The molecule has 1 aliphatic rings. The Kier molecular flexibility index (Phi) is 5.06. The van der Waals surface area contributed by atoms with Crippen LogP contribution in [0.4, 0.5) is 13.2 Å². The van der Waals surface area contributed by atoms with E-state index in [9.17, 15) is 23.1 Å². The van der Waals surface area contributed by atoms with Crippen molar-refractivity contribution in [3.63, 3.8) is 0 Å². The lowest BCUT2D eigenvalue weighted by molar-refractivity contribution is -0.143. The number of hydrogen-bond donors (Lipinski definition) is 1. The van der Waals surface area contributed by atoms with Gasteiger partial charge in [0.15, 0.2) is 17.4 Å². The summed E-state index contributed by atoms with van der Waals surface area (Å²) < 4.78 is 50.2. The van der Waals surface area contributed by atoms with Crippen LogP contribution in [0.1, 0.15) is 18.4 Å². The van der Waals surface area contributed by atoms with Crippen molar-refractivity contribution in [2.24, 2.45) is 5.41 Å². The number of rotatable bonds is 8. The third-order valence-corrected chi connectivity index (χ3v) is 4.37. The molecule has 0 spiro atoms. The predicted molar refractivity (Wildman–Crippen MR) is 86.8 cm³/mol. The molecule has 1 saturated carbocycles. The topological polar surface area (TPSA) is 55.8 Å². The molecular weight excluding hydrogens is 349 g/mol. The lowest BCUT2D eigenvalue weighted by Crippen LogP contribution is -2.17. The van der Waals surface area contributed by atoms with Crippen molar-refractivity contribution in [3.05, 3.63) is 59.4 Å². The summed E-state index contributed by atoms with van der Waals surface area (Å²) in [6, 6.07) is 8.42. The SMILES string of the molecule is O=C(O)C1(Cc2ccc(OCCOc3c(F)ccc(F)c3F)cc2)CC1. The maximum absolute atomic E-state index is 13.4. The zero-order valence-electron chi connectivity index (χ0n) is 13.8. The fourth-order valence-corrected chi connectivity index (χ4v) is 2.66. The van der Waals surface area contributed by atoms with Gasteiger partial charge in [-0.1, -0.05) is 12.1 Å². The minimum absolute atomic E-state index is 0.00774. The first-order chi connectivity index (χ1) is 12.4. The lowest BCUT2D eigenvalue weighted by atomic mass is 9.97. The van der Waals surface area contributed by atoms with Crippen LogP contribution in [0.15, 0.2) is 36.4 Å². The average molecular weight is 366 g/mol. The number of halogens is 3. The number of ether oxygens (including phenoxy) is 2. The van der Waals surface area contributed by atoms with Crippen molar-refractivity contribution in [2.45, 2.75) is 19.3 Å². The molecule has 0 unspecified atom stereocenters. The first-order valence-electron chi connectivity index (χ1n) is 8.13. The molecular formula is C19H17F3O4. The summed E-state index contributed by atoms with van der Waals surface area (Å²) in [7, 11) is 0. The van der Waals surface area contributed by atoms with Gasteiger partial charge in [-0.2, -0.15) is 4.39 Å². The first kappa shape index (κ1) is 18.1. The van der Waals surface area contributed by atoms with Crippen molar-refractivity contribution in [1.82, 2.24) is 0 Å². The molecule has 0 aromatic heterocycles.